The smallest absolute Gasteiger partial charge is 0.164 e. The van der Waals surface area contributed by atoms with Crippen LogP contribution in [-0.4, -0.2) is 25.8 Å². The molecule has 1 radical (unpaired) electrons. The third-order valence-corrected chi connectivity index (χ3v) is 6.97. The molecule has 3 aromatic carbocycles. The number of aromatic nitrogens is 3. The number of hydrogen-bond donors (Lipinski definition) is 1. The van der Waals surface area contributed by atoms with E-state index >= 15 is 0 Å². The van der Waals surface area contributed by atoms with Gasteiger partial charge in [-0.15, -0.1) is 17.7 Å². The minimum atomic E-state index is -0.417. The van der Waals surface area contributed by atoms with Gasteiger partial charge in [0.05, 0.1) is 5.52 Å². The molecule has 0 saturated heterocycles. The number of benzene rings is 3. The SMILES string of the molecule is CC(C)(C)C(=O)/C=C(\O)C(C)(C)C.Cc1c[c-]c(-c2ncnc3c2ccc2c4ccccc4cc(C)c23)c(C)n1.[Ir]. The summed E-state index contributed by atoms with van der Waals surface area (Å²) >= 11 is 0. The number of ketones is 1. The van der Waals surface area contributed by atoms with E-state index in [-0.39, 0.29) is 37.1 Å². The predicted octanol–water partition coefficient (Wildman–Crippen LogP) is 8.81. The topological polar surface area (TPSA) is 76.0 Å². The number of rotatable bonds is 2. The Morgan fingerprint density at radius 3 is 2.17 bits per heavy atom. The zero-order valence-electron chi connectivity index (χ0n) is 25.3. The van der Waals surface area contributed by atoms with Gasteiger partial charge in [-0.3, -0.25) is 9.78 Å². The first-order valence-electron chi connectivity index (χ1n) is 13.6. The summed E-state index contributed by atoms with van der Waals surface area (Å²) in [5.41, 5.74) is 5.16. The quantitative estimate of drug-likeness (QED) is 0.0853. The van der Waals surface area contributed by atoms with Crippen molar-refractivity contribution in [3.63, 3.8) is 0 Å². The van der Waals surface area contributed by atoms with Crippen LogP contribution >= 0.6 is 0 Å². The number of allylic oxidation sites excluding steroid dienone is 2. The van der Waals surface area contributed by atoms with Crippen molar-refractivity contribution >= 4 is 38.2 Å². The largest absolute Gasteiger partial charge is 0.512 e. The van der Waals surface area contributed by atoms with E-state index in [1.54, 1.807) is 6.33 Å². The summed E-state index contributed by atoms with van der Waals surface area (Å²) in [5.74, 6) is 0.104. The molecule has 0 fully saturated rings. The second kappa shape index (κ2) is 12.2. The molecule has 0 bridgehead atoms. The monoisotopic (exact) mass is 725 g/mol. The van der Waals surface area contributed by atoms with Gasteiger partial charge in [0, 0.05) is 48.1 Å². The van der Waals surface area contributed by atoms with Gasteiger partial charge in [0.2, 0.25) is 0 Å². The summed E-state index contributed by atoms with van der Waals surface area (Å²) in [6.45, 7) is 17.3. The molecule has 0 aliphatic heterocycles. The van der Waals surface area contributed by atoms with Gasteiger partial charge < -0.3 is 10.1 Å². The summed E-state index contributed by atoms with van der Waals surface area (Å²) < 4.78 is 0. The number of nitrogens with zero attached hydrogens (tertiary/aromatic N) is 3. The van der Waals surface area contributed by atoms with Crippen LogP contribution in [0.25, 0.3) is 43.7 Å². The molecule has 2 heterocycles. The van der Waals surface area contributed by atoms with E-state index in [1.807, 2.05) is 61.5 Å². The van der Waals surface area contributed by atoms with Crippen molar-refractivity contribution in [3.8, 4) is 11.3 Å². The Morgan fingerprint density at radius 2 is 1.54 bits per heavy atom. The first-order chi connectivity index (χ1) is 18.7. The number of aliphatic hydroxyl groups is 1. The Hall–Kier alpha value is -3.47. The molecule has 0 aliphatic carbocycles. The number of aliphatic hydroxyl groups excluding tert-OH is 1. The van der Waals surface area contributed by atoms with Gasteiger partial charge in [-0.2, -0.15) is 0 Å². The van der Waals surface area contributed by atoms with Gasteiger partial charge in [0.1, 0.15) is 12.1 Å². The average Bonchev–Trinajstić information content (AvgIpc) is 2.87. The number of hydrogen-bond acceptors (Lipinski definition) is 5. The minimum Gasteiger partial charge on any atom is -0.512 e. The molecule has 5 nitrogen and oxygen atoms in total. The molecular formula is C35H38IrN3O2-. The molecule has 5 rings (SSSR count). The number of aryl methyl sites for hydroxylation is 3. The Bertz CT molecular complexity index is 1780. The van der Waals surface area contributed by atoms with E-state index in [2.05, 4.69) is 70.4 Å². The van der Waals surface area contributed by atoms with Crippen molar-refractivity contribution < 1.29 is 30.0 Å². The van der Waals surface area contributed by atoms with Crippen molar-refractivity contribution in [3.05, 3.63) is 89.7 Å². The average molecular weight is 725 g/mol. The Balaban J connectivity index is 0.000000284. The molecule has 0 atom stereocenters. The van der Waals surface area contributed by atoms with E-state index in [1.165, 1.54) is 33.2 Å². The molecule has 0 amide bonds. The summed E-state index contributed by atoms with van der Waals surface area (Å²) in [5, 5.41) is 15.5. The molecular weight excluding hydrogens is 687 g/mol. The fourth-order valence-corrected chi connectivity index (χ4v) is 4.56. The number of fused-ring (bicyclic) bond motifs is 5. The van der Waals surface area contributed by atoms with E-state index < -0.39 is 5.41 Å². The van der Waals surface area contributed by atoms with Gasteiger partial charge in [-0.1, -0.05) is 97.9 Å². The molecule has 0 aliphatic rings. The second-order valence-electron chi connectivity index (χ2n) is 12.4. The Morgan fingerprint density at radius 1 is 0.878 bits per heavy atom. The van der Waals surface area contributed by atoms with E-state index in [4.69, 9.17) is 0 Å². The molecule has 6 heteroatoms. The summed E-state index contributed by atoms with van der Waals surface area (Å²) in [6.07, 6.45) is 2.98. The van der Waals surface area contributed by atoms with E-state index in [0.29, 0.717) is 0 Å². The van der Waals surface area contributed by atoms with E-state index in [0.717, 1.165) is 33.5 Å². The van der Waals surface area contributed by atoms with Crippen LogP contribution < -0.4 is 0 Å². The summed E-state index contributed by atoms with van der Waals surface area (Å²) in [7, 11) is 0. The summed E-state index contributed by atoms with van der Waals surface area (Å²) in [6, 6.07) is 20.3. The van der Waals surface area contributed by atoms with Crippen LogP contribution in [0.4, 0.5) is 0 Å². The summed E-state index contributed by atoms with van der Waals surface area (Å²) in [4.78, 5) is 25.3. The molecule has 5 aromatic rings. The fourth-order valence-electron chi connectivity index (χ4n) is 4.56. The van der Waals surface area contributed by atoms with Gasteiger partial charge in [0.25, 0.3) is 0 Å². The van der Waals surface area contributed by atoms with Crippen molar-refractivity contribution in [2.24, 2.45) is 10.8 Å². The van der Waals surface area contributed by atoms with Crippen LogP contribution in [0.15, 0.2) is 66.7 Å². The third-order valence-electron chi connectivity index (χ3n) is 6.97. The van der Waals surface area contributed by atoms with Gasteiger partial charge in [-0.25, -0.2) is 4.98 Å². The van der Waals surface area contributed by atoms with Crippen LogP contribution in [0.1, 0.15) is 58.5 Å². The first-order valence-corrected chi connectivity index (χ1v) is 13.6. The first kappa shape index (κ1) is 32.0. The molecule has 0 spiro atoms. The van der Waals surface area contributed by atoms with Crippen molar-refractivity contribution in [1.29, 1.82) is 0 Å². The minimum absolute atomic E-state index is 0. The van der Waals surface area contributed by atoms with Gasteiger partial charge in [-0.05, 0) is 45.4 Å². The zero-order chi connectivity index (χ0) is 29.4. The molecule has 2 aromatic heterocycles. The van der Waals surface area contributed by atoms with Crippen LogP contribution in [0.2, 0.25) is 0 Å². The molecule has 0 unspecified atom stereocenters. The maximum atomic E-state index is 11.5. The number of pyridine rings is 1. The third kappa shape index (κ3) is 6.89. The second-order valence-corrected chi connectivity index (χ2v) is 12.4. The van der Waals surface area contributed by atoms with Crippen molar-refractivity contribution in [2.75, 3.05) is 0 Å². The van der Waals surface area contributed by atoms with Crippen molar-refractivity contribution in [1.82, 2.24) is 15.0 Å². The number of carbonyl (C=O) groups excluding carboxylic acids is 1. The molecule has 41 heavy (non-hydrogen) atoms. The molecule has 0 saturated carbocycles. The van der Waals surface area contributed by atoms with Gasteiger partial charge in [0.15, 0.2) is 5.78 Å². The maximum Gasteiger partial charge on any atom is 0.164 e. The molecule has 215 valence electrons. The predicted molar refractivity (Wildman–Crippen MR) is 165 cm³/mol. The van der Waals surface area contributed by atoms with Crippen LogP contribution in [0, 0.1) is 37.7 Å². The van der Waals surface area contributed by atoms with Gasteiger partial charge >= 0.3 is 0 Å². The zero-order valence-corrected chi connectivity index (χ0v) is 27.7. The van der Waals surface area contributed by atoms with Crippen LogP contribution in [-0.2, 0) is 24.9 Å². The standard InChI is InChI=1S/C24H18N3.C11H20O2.Ir/c1-14-12-17-6-4-5-7-19(17)20-10-11-21-23(25-13-26-24(21)22(14)20)18-9-8-15(2)27-16(18)3;1-10(2,3)8(12)7-9(13)11(4,5)6;/h4-8,10-13H,1-3H3;7,12H,1-6H3;/q-1;;/b;8-7-;. The Labute approximate surface area is 256 Å². The van der Waals surface area contributed by atoms with E-state index in [9.17, 15) is 9.90 Å². The van der Waals surface area contributed by atoms with Crippen LogP contribution in [0.5, 0.6) is 0 Å². The maximum absolute atomic E-state index is 11.5. The molecule has 1 N–H and O–H groups in total. The fraction of sp³-hybridized carbons (Fsp3) is 0.314. The number of carbonyl (C=O) groups is 1. The Kier molecular flexibility index (Phi) is 9.52. The van der Waals surface area contributed by atoms with Crippen LogP contribution in [0.3, 0.4) is 0 Å². The normalized spacial score (nSPS) is 12.2. The van der Waals surface area contributed by atoms with Crippen molar-refractivity contribution in [2.45, 2.75) is 62.3 Å².